The second kappa shape index (κ2) is 8.68. The van der Waals surface area contributed by atoms with Crippen molar-refractivity contribution < 1.29 is 9.90 Å². The standard InChI is InChI=1S/C20H33N3O2/c1-15-9-16(2)12-23(11-15)20(3,4)14-22-19(25)21-10-17-7-5-6-8-18(17)13-24/h5-8,15-16,24H,9-14H2,1-4H3,(H2,21,22,25). The topological polar surface area (TPSA) is 64.6 Å². The summed E-state index contributed by atoms with van der Waals surface area (Å²) in [5.41, 5.74) is 1.72. The van der Waals surface area contributed by atoms with Gasteiger partial charge in [-0.1, -0.05) is 38.1 Å². The molecule has 1 fully saturated rings. The third kappa shape index (κ3) is 5.72. The highest BCUT2D eigenvalue weighted by Crippen LogP contribution is 2.26. The highest BCUT2D eigenvalue weighted by atomic mass is 16.3. The molecule has 2 amide bonds. The lowest BCUT2D eigenvalue weighted by atomic mass is 9.88. The number of aliphatic hydroxyl groups is 1. The van der Waals surface area contributed by atoms with Crippen molar-refractivity contribution in [2.75, 3.05) is 19.6 Å². The molecule has 5 nitrogen and oxygen atoms in total. The number of rotatable bonds is 6. The Morgan fingerprint density at radius 3 is 2.36 bits per heavy atom. The Morgan fingerprint density at radius 2 is 1.76 bits per heavy atom. The molecule has 0 aromatic heterocycles. The van der Waals surface area contributed by atoms with Gasteiger partial charge in [-0.15, -0.1) is 0 Å². The number of carbonyl (C=O) groups excluding carboxylic acids is 1. The van der Waals surface area contributed by atoms with Crippen molar-refractivity contribution in [3.05, 3.63) is 35.4 Å². The number of nitrogens with one attached hydrogen (secondary N) is 2. The van der Waals surface area contributed by atoms with E-state index in [4.69, 9.17) is 0 Å². The van der Waals surface area contributed by atoms with Gasteiger partial charge in [-0.25, -0.2) is 4.79 Å². The lowest BCUT2D eigenvalue weighted by Crippen LogP contribution is -2.56. The number of urea groups is 1. The first-order valence-electron chi connectivity index (χ1n) is 9.26. The molecule has 3 N–H and O–H groups in total. The fourth-order valence-electron chi connectivity index (χ4n) is 3.69. The van der Waals surface area contributed by atoms with Crippen LogP contribution in [0.3, 0.4) is 0 Å². The number of benzene rings is 1. The molecule has 1 heterocycles. The third-order valence-electron chi connectivity index (χ3n) is 5.13. The summed E-state index contributed by atoms with van der Waals surface area (Å²) in [6.07, 6.45) is 1.28. The average Bonchev–Trinajstić information content (AvgIpc) is 2.57. The second-order valence-electron chi connectivity index (χ2n) is 8.13. The van der Waals surface area contributed by atoms with Gasteiger partial charge in [-0.3, -0.25) is 4.90 Å². The van der Waals surface area contributed by atoms with Gasteiger partial charge in [0.2, 0.25) is 0 Å². The zero-order valence-corrected chi connectivity index (χ0v) is 16.0. The fourth-order valence-corrected chi connectivity index (χ4v) is 3.69. The van der Waals surface area contributed by atoms with Crippen LogP contribution in [0.25, 0.3) is 0 Å². The summed E-state index contributed by atoms with van der Waals surface area (Å²) < 4.78 is 0. The summed E-state index contributed by atoms with van der Waals surface area (Å²) in [5, 5.41) is 15.2. The summed E-state index contributed by atoms with van der Waals surface area (Å²) in [7, 11) is 0. The minimum Gasteiger partial charge on any atom is -0.392 e. The molecule has 1 aliphatic heterocycles. The first-order valence-corrected chi connectivity index (χ1v) is 9.26. The minimum atomic E-state index is -0.168. The van der Waals surface area contributed by atoms with E-state index in [1.54, 1.807) is 0 Å². The maximum absolute atomic E-state index is 12.2. The number of nitrogens with zero attached hydrogens (tertiary/aromatic N) is 1. The number of hydrogen-bond donors (Lipinski definition) is 3. The Kier molecular flexibility index (Phi) is 6.85. The molecule has 2 rings (SSSR count). The lowest BCUT2D eigenvalue weighted by molar-refractivity contribution is 0.0472. The zero-order chi connectivity index (χ0) is 18.4. The van der Waals surface area contributed by atoms with Crippen molar-refractivity contribution in [2.24, 2.45) is 11.8 Å². The Hall–Kier alpha value is -1.59. The van der Waals surface area contributed by atoms with Crippen molar-refractivity contribution in [3.8, 4) is 0 Å². The van der Waals surface area contributed by atoms with Crippen LogP contribution in [0.1, 0.15) is 45.2 Å². The number of carbonyl (C=O) groups is 1. The average molecular weight is 348 g/mol. The van der Waals surface area contributed by atoms with Crippen LogP contribution in [0.2, 0.25) is 0 Å². The molecule has 1 aromatic carbocycles. The minimum absolute atomic E-state index is 0.0160. The zero-order valence-electron chi connectivity index (χ0n) is 16.0. The van der Waals surface area contributed by atoms with Crippen LogP contribution in [0.15, 0.2) is 24.3 Å². The SMILES string of the molecule is CC1CC(C)CN(C(C)(C)CNC(=O)NCc2ccccc2CO)C1. The number of amides is 2. The summed E-state index contributed by atoms with van der Waals surface area (Å²) in [6.45, 7) is 12.2. The van der Waals surface area contributed by atoms with Gasteiger partial charge in [0.1, 0.15) is 0 Å². The molecule has 1 saturated heterocycles. The Balaban J connectivity index is 1.82. The summed E-state index contributed by atoms with van der Waals surface area (Å²) >= 11 is 0. The Labute approximate surface area is 151 Å². The molecule has 0 radical (unpaired) electrons. The largest absolute Gasteiger partial charge is 0.392 e. The summed E-state index contributed by atoms with van der Waals surface area (Å²) in [4.78, 5) is 14.7. The van der Waals surface area contributed by atoms with Gasteiger partial charge in [0, 0.05) is 31.7 Å². The normalized spacial score (nSPS) is 21.8. The van der Waals surface area contributed by atoms with E-state index in [1.807, 2.05) is 24.3 Å². The van der Waals surface area contributed by atoms with Gasteiger partial charge in [0.05, 0.1) is 6.61 Å². The van der Waals surface area contributed by atoms with Gasteiger partial charge in [-0.2, -0.15) is 0 Å². The molecule has 0 spiro atoms. The van der Waals surface area contributed by atoms with Crippen molar-refractivity contribution in [2.45, 2.75) is 52.8 Å². The molecular formula is C20H33N3O2. The maximum atomic E-state index is 12.2. The van der Waals surface area contributed by atoms with E-state index in [9.17, 15) is 9.90 Å². The lowest BCUT2D eigenvalue weighted by Gasteiger charge is -2.45. The van der Waals surface area contributed by atoms with Gasteiger partial charge < -0.3 is 15.7 Å². The molecule has 5 heteroatoms. The number of piperidine rings is 1. The smallest absolute Gasteiger partial charge is 0.315 e. The molecule has 1 aromatic rings. The Bertz CT molecular complexity index is 564. The number of hydrogen-bond acceptors (Lipinski definition) is 3. The van der Waals surface area contributed by atoms with E-state index in [-0.39, 0.29) is 18.2 Å². The molecular weight excluding hydrogens is 314 g/mol. The molecule has 0 bridgehead atoms. The van der Waals surface area contributed by atoms with E-state index in [0.717, 1.165) is 24.2 Å². The molecule has 25 heavy (non-hydrogen) atoms. The highest BCUT2D eigenvalue weighted by molar-refractivity contribution is 5.73. The molecule has 2 unspecified atom stereocenters. The van der Waals surface area contributed by atoms with Crippen molar-refractivity contribution >= 4 is 6.03 Å². The van der Waals surface area contributed by atoms with Crippen molar-refractivity contribution in [3.63, 3.8) is 0 Å². The van der Waals surface area contributed by atoms with E-state index in [1.165, 1.54) is 6.42 Å². The van der Waals surface area contributed by atoms with Crippen LogP contribution < -0.4 is 10.6 Å². The van der Waals surface area contributed by atoms with E-state index >= 15 is 0 Å². The maximum Gasteiger partial charge on any atom is 0.315 e. The second-order valence-corrected chi connectivity index (χ2v) is 8.13. The quantitative estimate of drug-likeness (QED) is 0.741. The van der Waals surface area contributed by atoms with Gasteiger partial charge in [0.15, 0.2) is 0 Å². The molecule has 2 atom stereocenters. The van der Waals surface area contributed by atoms with E-state index in [2.05, 4.69) is 43.2 Å². The highest BCUT2D eigenvalue weighted by Gasteiger charge is 2.32. The van der Waals surface area contributed by atoms with Gasteiger partial charge in [0.25, 0.3) is 0 Å². The number of likely N-dealkylation sites (tertiary alicyclic amines) is 1. The van der Waals surface area contributed by atoms with Crippen molar-refractivity contribution in [1.29, 1.82) is 0 Å². The van der Waals surface area contributed by atoms with Crippen molar-refractivity contribution in [1.82, 2.24) is 15.5 Å². The molecule has 0 saturated carbocycles. The summed E-state index contributed by atoms with van der Waals surface area (Å²) in [5.74, 6) is 1.40. The van der Waals surface area contributed by atoms with E-state index < -0.39 is 0 Å². The fraction of sp³-hybridized carbons (Fsp3) is 0.650. The molecule has 0 aliphatic carbocycles. The Morgan fingerprint density at radius 1 is 1.16 bits per heavy atom. The predicted molar refractivity (Wildman–Crippen MR) is 101 cm³/mol. The van der Waals surface area contributed by atoms with Gasteiger partial charge >= 0.3 is 6.03 Å². The van der Waals surface area contributed by atoms with E-state index in [0.29, 0.717) is 24.9 Å². The molecule has 140 valence electrons. The van der Waals surface area contributed by atoms with Gasteiger partial charge in [-0.05, 0) is 43.2 Å². The first kappa shape index (κ1) is 19.7. The third-order valence-corrected chi connectivity index (χ3v) is 5.13. The van der Waals surface area contributed by atoms with Crippen LogP contribution in [0, 0.1) is 11.8 Å². The van der Waals surface area contributed by atoms with Crippen LogP contribution in [-0.2, 0) is 13.2 Å². The van der Waals surface area contributed by atoms with Crippen LogP contribution >= 0.6 is 0 Å². The number of aliphatic hydroxyl groups excluding tert-OH is 1. The first-order chi connectivity index (χ1) is 11.8. The monoisotopic (exact) mass is 347 g/mol. The van der Waals surface area contributed by atoms with Crippen LogP contribution in [0.4, 0.5) is 4.79 Å². The van der Waals surface area contributed by atoms with Crippen LogP contribution in [-0.4, -0.2) is 41.2 Å². The van der Waals surface area contributed by atoms with Crippen LogP contribution in [0.5, 0.6) is 0 Å². The predicted octanol–water partition coefficient (Wildman–Crippen LogP) is 2.73. The summed E-state index contributed by atoms with van der Waals surface area (Å²) in [6, 6.07) is 7.43. The molecule has 1 aliphatic rings.